The van der Waals surface area contributed by atoms with Crippen molar-refractivity contribution in [2.45, 2.75) is 12.8 Å². The number of carbonyl (C=O) groups is 1. The lowest BCUT2D eigenvalue weighted by atomic mass is 10.1. The third kappa shape index (κ3) is 5.05. The van der Waals surface area contributed by atoms with Crippen LogP contribution in [0.5, 0.6) is 23.0 Å². The van der Waals surface area contributed by atoms with E-state index in [1.54, 1.807) is 34.5 Å². The average molecular weight is 359 g/mol. The van der Waals surface area contributed by atoms with Gasteiger partial charge >= 0.3 is 0 Å². The van der Waals surface area contributed by atoms with Gasteiger partial charge in [-0.1, -0.05) is 12.1 Å². The molecule has 26 heavy (non-hydrogen) atoms. The fourth-order valence-corrected chi connectivity index (χ4v) is 2.65. The van der Waals surface area contributed by atoms with Gasteiger partial charge in [-0.05, 0) is 35.7 Å². The van der Waals surface area contributed by atoms with E-state index in [1.165, 1.54) is 0 Å². The molecule has 1 amide bonds. The highest BCUT2D eigenvalue weighted by atomic mass is 16.5. The fraction of sp³-hybridized carbons (Fsp3) is 0.350. The van der Waals surface area contributed by atoms with Crippen molar-refractivity contribution in [1.82, 2.24) is 5.32 Å². The molecular weight excluding hydrogens is 334 g/mol. The summed E-state index contributed by atoms with van der Waals surface area (Å²) in [6.07, 6.45) is 0.924. The molecule has 140 valence electrons. The van der Waals surface area contributed by atoms with Crippen molar-refractivity contribution in [3.05, 3.63) is 47.5 Å². The van der Waals surface area contributed by atoms with E-state index >= 15 is 0 Å². The topological polar surface area (TPSA) is 66.0 Å². The molecular formula is C20H25NO5. The van der Waals surface area contributed by atoms with E-state index < -0.39 is 0 Å². The molecule has 0 spiro atoms. The number of carbonyl (C=O) groups excluding carboxylic acids is 1. The third-order valence-electron chi connectivity index (χ3n) is 4.00. The summed E-state index contributed by atoms with van der Waals surface area (Å²) < 4.78 is 21.2. The molecule has 0 saturated heterocycles. The number of nitrogens with one attached hydrogen (secondary N) is 1. The van der Waals surface area contributed by atoms with Gasteiger partial charge in [-0.2, -0.15) is 0 Å². The lowest BCUT2D eigenvalue weighted by Crippen LogP contribution is -2.27. The maximum absolute atomic E-state index is 12.2. The van der Waals surface area contributed by atoms with Crippen LogP contribution in [0.25, 0.3) is 0 Å². The second-order valence-corrected chi connectivity index (χ2v) is 5.65. The van der Waals surface area contributed by atoms with E-state index in [4.69, 9.17) is 18.9 Å². The molecule has 0 aliphatic rings. The highest BCUT2D eigenvalue weighted by molar-refractivity contribution is 5.78. The van der Waals surface area contributed by atoms with E-state index in [0.29, 0.717) is 36.6 Å². The van der Waals surface area contributed by atoms with Crippen molar-refractivity contribution in [2.75, 3.05) is 35.0 Å². The summed E-state index contributed by atoms with van der Waals surface area (Å²) in [6.45, 7) is 0.495. The first-order valence-corrected chi connectivity index (χ1v) is 8.29. The molecule has 0 heterocycles. The fourth-order valence-electron chi connectivity index (χ4n) is 2.65. The van der Waals surface area contributed by atoms with Gasteiger partial charge in [-0.25, -0.2) is 0 Å². The summed E-state index contributed by atoms with van der Waals surface area (Å²) in [7, 11) is 6.38. The summed E-state index contributed by atoms with van der Waals surface area (Å²) in [4.78, 5) is 12.2. The molecule has 0 radical (unpaired) electrons. The molecule has 1 N–H and O–H groups in total. The molecule has 6 heteroatoms. The van der Waals surface area contributed by atoms with Crippen LogP contribution in [0.3, 0.4) is 0 Å². The molecule has 0 aliphatic heterocycles. The number of hydrogen-bond donors (Lipinski definition) is 1. The van der Waals surface area contributed by atoms with Gasteiger partial charge in [0.25, 0.3) is 0 Å². The van der Waals surface area contributed by atoms with Gasteiger partial charge in [-0.3, -0.25) is 4.79 Å². The van der Waals surface area contributed by atoms with Crippen LogP contribution in [0, 0.1) is 0 Å². The molecule has 0 bridgehead atoms. The van der Waals surface area contributed by atoms with E-state index in [9.17, 15) is 4.79 Å². The number of rotatable bonds is 9. The van der Waals surface area contributed by atoms with Crippen LogP contribution in [0.1, 0.15) is 11.1 Å². The predicted octanol–water partition coefficient (Wildman–Crippen LogP) is 2.62. The van der Waals surface area contributed by atoms with Gasteiger partial charge < -0.3 is 24.3 Å². The minimum atomic E-state index is -0.0438. The molecule has 0 aromatic heterocycles. The second-order valence-electron chi connectivity index (χ2n) is 5.65. The number of benzene rings is 2. The van der Waals surface area contributed by atoms with Crippen molar-refractivity contribution in [1.29, 1.82) is 0 Å². The molecule has 0 fully saturated rings. The first kappa shape index (κ1) is 19.4. The lowest BCUT2D eigenvalue weighted by Gasteiger charge is -2.14. The van der Waals surface area contributed by atoms with Gasteiger partial charge in [0, 0.05) is 12.6 Å². The molecule has 0 saturated carbocycles. The maximum atomic E-state index is 12.2. The smallest absolute Gasteiger partial charge is 0.224 e. The van der Waals surface area contributed by atoms with E-state index in [2.05, 4.69) is 5.32 Å². The van der Waals surface area contributed by atoms with Crippen molar-refractivity contribution < 1.29 is 23.7 Å². The highest BCUT2D eigenvalue weighted by Gasteiger charge is 2.12. The minimum Gasteiger partial charge on any atom is -0.497 e. The Morgan fingerprint density at radius 3 is 2.23 bits per heavy atom. The Morgan fingerprint density at radius 1 is 0.885 bits per heavy atom. The van der Waals surface area contributed by atoms with Gasteiger partial charge in [-0.15, -0.1) is 0 Å². The standard InChI is InChI=1S/C20H25NO5/c1-23-16-7-5-6-14(10-16)11-20(22)21-9-8-15-12-18(25-3)19(26-4)13-17(15)24-2/h5-7,10,12-13H,8-9,11H2,1-4H3,(H,21,22). The summed E-state index contributed by atoms with van der Waals surface area (Å²) in [5.41, 5.74) is 1.84. The third-order valence-corrected chi connectivity index (χ3v) is 4.00. The average Bonchev–Trinajstić information content (AvgIpc) is 2.67. The Morgan fingerprint density at radius 2 is 1.58 bits per heavy atom. The number of methoxy groups -OCH3 is 4. The van der Waals surface area contributed by atoms with Crippen LogP contribution in [-0.2, 0) is 17.6 Å². The lowest BCUT2D eigenvalue weighted by molar-refractivity contribution is -0.120. The molecule has 0 unspecified atom stereocenters. The molecule has 2 aromatic carbocycles. The van der Waals surface area contributed by atoms with Crippen molar-refractivity contribution in [3.63, 3.8) is 0 Å². The van der Waals surface area contributed by atoms with Crippen molar-refractivity contribution >= 4 is 5.91 Å². The predicted molar refractivity (Wildman–Crippen MR) is 99.5 cm³/mol. The zero-order valence-corrected chi connectivity index (χ0v) is 15.6. The van der Waals surface area contributed by atoms with Crippen LogP contribution < -0.4 is 24.3 Å². The van der Waals surface area contributed by atoms with Crippen LogP contribution in [0.2, 0.25) is 0 Å². The largest absolute Gasteiger partial charge is 0.497 e. The van der Waals surface area contributed by atoms with E-state index in [0.717, 1.165) is 16.9 Å². The number of ether oxygens (including phenoxy) is 4. The Labute approximate surface area is 154 Å². The highest BCUT2D eigenvalue weighted by Crippen LogP contribution is 2.34. The normalized spacial score (nSPS) is 10.2. The minimum absolute atomic E-state index is 0.0438. The molecule has 0 atom stereocenters. The maximum Gasteiger partial charge on any atom is 0.224 e. The molecule has 2 rings (SSSR count). The molecule has 0 aliphatic carbocycles. The Hall–Kier alpha value is -2.89. The first-order chi connectivity index (χ1) is 12.6. The van der Waals surface area contributed by atoms with Crippen molar-refractivity contribution in [2.24, 2.45) is 0 Å². The SMILES string of the molecule is COc1cccc(CC(=O)NCCc2cc(OC)c(OC)cc2OC)c1. The van der Waals surface area contributed by atoms with Crippen LogP contribution in [-0.4, -0.2) is 40.9 Å². The monoisotopic (exact) mass is 359 g/mol. The van der Waals surface area contributed by atoms with Crippen LogP contribution in [0.4, 0.5) is 0 Å². The van der Waals surface area contributed by atoms with E-state index in [1.807, 2.05) is 30.3 Å². The van der Waals surface area contributed by atoms with Gasteiger partial charge in [0.2, 0.25) is 5.91 Å². The van der Waals surface area contributed by atoms with E-state index in [-0.39, 0.29) is 5.91 Å². The molecule has 2 aromatic rings. The zero-order chi connectivity index (χ0) is 18.9. The summed E-state index contributed by atoms with van der Waals surface area (Å²) in [5, 5.41) is 2.93. The number of hydrogen-bond acceptors (Lipinski definition) is 5. The number of amides is 1. The van der Waals surface area contributed by atoms with Crippen LogP contribution in [0.15, 0.2) is 36.4 Å². The zero-order valence-electron chi connectivity index (χ0n) is 15.6. The van der Waals surface area contributed by atoms with Crippen LogP contribution >= 0.6 is 0 Å². The van der Waals surface area contributed by atoms with Crippen molar-refractivity contribution in [3.8, 4) is 23.0 Å². The second kappa shape index (κ2) is 9.56. The Balaban J connectivity index is 1.95. The Kier molecular flexibility index (Phi) is 7.14. The first-order valence-electron chi connectivity index (χ1n) is 8.29. The summed E-state index contributed by atoms with van der Waals surface area (Å²) in [6, 6.07) is 11.1. The van der Waals surface area contributed by atoms with Gasteiger partial charge in [0.05, 0.1) is 34.9 Å². The summed E-state index contributed by atoms with van der Waals surface area (Å²) >= 11 is 0. The quantitative estimate of drug-likeness (QED) is 0.746. The summed E-state index contributed by atoms with van der Waals surface area (Å²) in [5.74, 6) is 2.63. The molecule has 6 nitrogen and oxygen atoms in total. The van der Waals surface area contributed by atoms with Gasteiger partial charge in [0.15, 0.2) is 11.5 Å². The van der Waals surface area contributed by atoms with Gasteiger partial charge in [0.1, 0.15) is 11.5 Å². The Bertz CT molecular complexity index is 745.